The number of halogens is 1. The van der Waals surface area contributed by atoms with Crippen molar-refractivity contribution in [2.24, 2.45) is 16.6 Å². The van der Waals surface area contributed by atoms with Crippen LogP contribution in [0.15, 0.2) is 29.3 Å². The summed E-state index contributed by atoms with van der Waals surface area (Å²) in [4.78, 5) is 6.35. The summed E-state index contributed by atoms with van der Waals surface area (Å²) in [5.74, 6) is 1.05. The van der Waals surface area contributed by atoms with E-state index in [1.54, 1.807) is 6.07 Å². The van der Waals surface area contributed by atoms with Crippen molar-refractivity contribution in [1.82, 2.24) is 0 Å². The number of nitrogens with two attached hydrogens (primary N) is 1. The Balaban J connectivity index is 1.93. The molecule has 0 spiro atoms. The van der Waals surface area contributed by atoms with E-state index in [9.17, 15) is 4.39 Å². The quantitative estimate of drug-likeness (QED) is 0.891. The van der Waals surface area contributed by atoms with Gasteiger partial charge in [-0.2, -0.15) is 0 Å². The predicted octanol–water partition coefficient (Wildman–Crippen LogP) is 2.52. The third-order valence-corrected chi connectivity index (χ3v) is 3.84. The maximum atomic E-state index is 13.4. The molecule has 1 heterocycles. The zero-order valence-electron chi connectivity index (χ0n) is 10.6. The van der Waals surface area contributed by atoms with Gasteiger partial charge in [-0.05, 0) is 37.5 Å². The average molecular weight is 247 g/mol. The van der Waals surface area contributed by atoms with Gasteiger partial charge in [0.25, 0.3) is 0 Å². The molecule has 18 heavy (non-hydrogen) atoms. The van der Waals surface area contributed by atoms with Crippen LogP contribution in [0.4, 0.5) is 10.1 Å². The van der Waals surface area contributed by atoms with Crippen LogP contribution in [0.5, 0.6) is 0 Å². The first-order chi connectivity index (χ1) is 8.58. The average Bonchev–Trinajstić information content (AvgIpc) is 3.05. The molecule has 1 unspecified atom stereocenters. The number of hydrogen-bond acceptors (Lipinski definition) is 3. The number of guanidine groups is 1. The summed E-state index contributed by atoms with van der Waals surface area (Å²) in [7, 11) is 0. The summed E-state index contributed by atoms with van der Waals surface area (Å²) in [5, 5.41) is 0. The molecule has 3 nitrogen and oxygen atoms in total. The molecule has 1 aromatic rings. The van der Waals surface area contributed by atoms with E-state index in [4.69, 9.17) is 5.73 Å². The second-order valence-corrected chi connectivity index (χ2v) is 5.63. The van der Waals surface area contributed by atoms with Crippen molar-refractivity contribution in [3.8, 4) is 0 Å². The van der Waals surface area contributed by atoms with Gasteiger partial charge in [-0.3, -0.25) is 4.99 Å². The Morgan fingerprint density at radius 1 is 1.50 bits per heavy atom. The van der Waals surface area contributed by atoms with Gasteiger partial charge in [-0.1, -0.05) is 18.9 Å². The Labute approximate surface area is 106 Å². The molecule has 0 radical (unpaired) electrons. The highest BCUT2D eigenvalue weighted by molar-refractivity contribution is 5.98. The lowest BCUT2D eigenvalue weighted by Gasteiger charge is -2.36. The SMILES string of the molecule is CC1(CC2CC2)CN=C(N)N1c1cccc(F)c1. The van der Waals surface area contributed by atoms with Crippen LogP contribution in [0.2, 0.25) is 0 Å². The number of rotatable bonds is 3. The minimum Gasteiger partial charge on any atom is -0.369 e. The predicted molar refractivity (Wildman–Crippen MR) is 71.1 cm³/mol. The minimum absolute atomic E-state index is 0.0982. The number of nitrogens with zero attached hydrogens (tertiary/aromatic N) is 2. The first-order valence-electron chi connectivity index (χ1n) is 6.44. The highest BCUT2D eigenvalue weighted by Gasteiger charge is 2.42. The third-order valence-electron chi connectivity index (χ3n) is 3.84. The topological polar surface area (TPSA) is 41.6 Å². The lowest BCUT2D eigenvalue weighted by molar-refractivity contribution is 0.435. The third kappa shape index (κ3) is 1.96. The Hall–Kier alpha value is -1.58. The van der Waals surface area contributed by atoms with Gasteiger partial charge in [0, 0.05) is 5.69 Å². The van der Waals surface area contributed by atoms with Crippen molar-refractivity contribution in [3.63, 3.8) is 0 Å². The molecular formula is C14H18FN3. The molecule has 0 amide bonds. The molecule has 1 aromatic carbocycles. The first-order valence-corrected chi connectivity index (χ1v) is 6.44. The van der Waals surface area contributed by atoms with E-state index in [0.29, 0.717) is 12.5 Å². The molecule has 0 saturated heterocycles. The van der Waals surface area contributed by atoms with Gasteiger partial charge in [0.15, 0.2) is 5.96 Å². The van der Waals surface area contributed by atoms with Gasteiger partial charge in [0.05, 0.1) is 12.1 Å². The van der Waals surface area contributed by atoms with Crippen molar-refractivity contribution in [2.45, 2.75) is 31.7 Å². The molecule has 0 bridgehead atoms. The zero-order valence-corrected chi connectivity index (χ0v) is 10.6. The molecule has 4 heteroatoms. The molecule has 1 atom stereocenters. The molecule has 3 rings (SSSR count). The van der Waals surface area contributed by atoms with E-state index in [1.165, 1.54) is 25.0 Å². The second kappa shape index (κ2) is 3.97. The Morgan fingerprint density at radius 2 is 2.28 bits per heavy atom. The molecule has 0 aromatic heterocycles. The van der Waals surface area contributed by atoms with Crippen molar-refractivity contribution >= 4 is 11.6 Å². The van der Waals surface area contributed by atoms with E-state index >= 15 is 0 Å². The van der Waals surface area contributed by atoms with Crippen molar-refractivity contribution in [3.05, 3.63) is 30.1 Å². The molecular weight excluding hydrogens is 229 g/mol. The largest absolute Gasteiger partial charge is 0.369 e. The number of anilines is 1. The van der Waals surface area contributed by atoms with E-state index in [1.807, 2.05) is 11.0 Å². The summed E-state index contributed by atoms with van der Waals surface area (Å²) >= 11 is 0. The van der Waals surface area contributed by atoms with Crippen LogP contribution in [-0.2, 0) is 0 Å². The molecule has 2 aliphatic rings. The lowest BCUT2D eigenvalue weighted by atomic mass is 9.93. The number of hydrogen-bond donors (Lipinski definition) is 1. The van der Waals surface area contributed by atoms with E-state index in [0.717, 1.165) is 18.0 Å². The van der Waals surface area contributed by atoms with Gasteiger partial charge in [0.2, 0.25) is 0 Å². The normalized spacial score (nSPS) is 27.4. The van der Waals surface area contributed by atoms with Crippen LogP contribution in [0.3, 0.4) is 0 Å². The fraction of sp³-hybridized carbons (Fsp3) is 0.500. The van der Waals surface area contributed by atoms with E-state index in [-0.39, 0.29) is 11.4 Å². The van der Waals surface area contributed by atoms with Gasteiger partial charge in [0.1, 0.15) is 5.82 Å². The Bertz CT molecular complexity index is 496. The van der Waals surface area contributed by atoms with Crippen molar-refractivity contribution in [1.29, 1.82) is 0 Å². The minimum atomic E-state index is -0.235. The zero-order chi connectivity index (χ0) is 12.8. The Kier molecular flexibility index (Phi) is 2.54. The summed E-state index contributed by atoms with van der Waals surface area (Å²) in [5.41, 5.74) is 6.69. The second-order valence-electron chi connectivity index (χ2n) is 5.63. The fourth-order valence-electron chi connectivity index (χ4n) is 2.83. The number of benzene rings is 1. The van der Waals surface area contributed by atoms with Crippen molar-refractivity contribution < 1.29 is 4.39 Å². The van der Waals surface area contributed by atoms with Gasteiger partial charge in [-0.15, -0.1) is 0 Å². The molecule has 1 aliphatic heterocycles. The van der Waals surface area contributed by atoms with Crippen LogP contribution in [0.1, 0.15) is 26.2 Å². The van der Waals surface area contributed by atoms with E-state index < -0.39 is 0 Å². The summed E-state index contributed by atoms with van der Waals surface area (Å²) in [6.07, 6.45) is 3.67. The monoisotopic (exact) mass is 247 g/mol. The smallest absolute Gasteiger partial charge is 0.196 e. The lowest BCUT2D eigenvalue weighted by Crippen LogP contribution is -2.50. The van der Waals surface area contributed by atoms with Crippen molar-refractivity contribution in [2.75, 3.05) is 11.4 Å². The van der Waals surface area contributed by atoms with Crippen LogP contribution >= 0.6 is 0 Å². The summed E-state index contributed by atoms with van der Waals surface area (Å²) in [6.45, 7) is 2.87. The highest BCUT2D eigenvalue weighted by Crippen LogP contribution is 2.42. The van der Waals surface area contributed by atoms with Crippen LogP contribution < -0.4 is 10.6 Å². The molecule has 1 aliphatic carbocycles. The van der Waals surface area contributed by atoms with Crippen LogP contribution in [0.25, 0.3) is 0 Å². The molecule has 1 saturated carbocycles. The maximum Gasteiger partial charge on any atom is 0.196 e. The van der Waals surface area contributed by atoms with Gasteiger partial charge >= 0.3 is 0 Å². The van der Waals surface area contributed by atoms with Gasteiger partial charge < -0.3 is 10.6 Å². The van der Waals surface area contributed by atoms with Gasteiger partial charge in [-0.25, -0.2) is 4.39 Å². The first kappa shape index (κ1) is 11.5. The standard InChI is InChI=1S/C14H18FN3/c1-14(8-10-5-6-10)9-17-13(16)18(14)12-4-2-3-11(15)7-12/h2-4,7,10H,5-6,8-9H2,1H3,(H2,16,17). The maximum absolute atomic E-state index is 13.4. The summed E-state index contributed by atoms with van der Waals surface area (Å²) in [6, 6.07) is 6.58. The van der Waals surface area contributed by atoms with Crippen LogP contribution in [0, 0.1) is 11.7 Å². The van der Waals surface area contributed by atoms with E-state index in [2.05, 4.69) is 11.9 Å². The molecule has 1 fully saturated rings. The van der Waals surface area contributed by atoms with Crippen LogP contribution in [-0.4, -0.2) is 18.0 Å². The summed E-state index contributed by atoms with van der Waals surface area (Å²) < 4.78 is 13.4. The fourth-order valence-corrected chi connectivity index (χ4v) is 2.83. The molecule has 96 valence electrons. The Morgan fingerprint density at radius 3 is 2.94 bits per heavy atom. The molecule has 2 N–H and O–H groups in total. The highest BCUT2D eigenvalue weighted by atomic mass is 19.1. The number of aliphatic imine (C=N–C) groups is 1.